The number of likely N-dealkylation sites (tertiary alicyclic amines) is 1. The number of ether oxygens (including phenoxy) is 2. The van der Waals surface area contributed by atoms with E-state index < -0.39 is 35.6 Å². The number of rotatable bonds is 5. The molecule has 0 bridgehead atoms. The molecule has 2 saturated heterocycles. The van der Waals surface area contributed by atoms with Crippen molar-refractivity contribution in [1.82, 2.24) is 9.80 Å². The van der Waals surface area contributed by atoms with Crippen LogP contribution in [-0.4, -0.2) is 76.7 Å². The first kappa shape index (κ1) is 21.9. The molecule has 1 unspecified atom stereocenters. The first-order valence-electron chi connectivity index (χ1n) is 11.5. The molecule has 0 aliphatic carbocycles. The Labute approximate surface area is 192 Å². The maximum absolute atomic E-state index is 13.9. The van der Waals surface area contributed by atoms with Crippen LogP contribution in [0.1, 0.15) is 18.4 Å². The molecule has 4 aliphatic rings. The van der Waals surface area contributed by atoms with Gasteiger partial charge in [-0.3, -0.25) is 14.4 Å². The van der Waals surface area contributed by atoms with Gasteiger partial charge in [-0.1, -0.05) is 54.6 Å². The number of carbonyl (C=O) groups excluding carboxylic acids is 3. The smallest absolute Gasteiger partial charge is 0.312 e. The Morgan fingerprint density at radius 2 is 1.91 bits per heavy atom. The number of cyclic esters (lactones) is 1. The number of aliphatic hydroxyl groups excluding tert-OH is 1. The lowest BCUT2D eigenvalue weighted by atomic mass is 9.77. The molecular weight excluding hydrogens is 424 g/mol. The molecule has 2 amide bonds. The predicted molar refractivity (Wildman–Crippen MR) is 118 cm³/mol. The van der Waals surface area contributed by atoms with E-state index in [9.17, 15) is 19.5 Å². The first-order chi connectivity index (χ1) is 16.1. The van der Waals surface area contributed by atoms with Gasteiger partial charge in [0.15, 0.2) is 0 Å². The lowest BCUT2D eigenvalue weighted by Crippen LogP contribution is -2.55. The summed E-state index contributed by atoms with van der Waals surface area (Å²) in [4.78, 5) is 43.8. The SMILES string of the molecule is O=C1OCCC=C[C@H]2O[C@]34C=CCN(Cc5ccccc5)C(=O)C3N(CCCO)C(=O)[C@@H]4[C@@H]12. The van der Waals surface area contributed by atoms with Crippen molar-refractivity contribution in [3.63, 3.8) is 0 Å². The van der Waals surface area contributed by atoms with Crippen molar-refractivity contribution >= 4 is 17.8 Å². The number of esters is 1. The fraction of sp³-hybridized carbons (Fsp3) is 0.480. The third-order valence-electron chi connectivity index (χ3n) is 6.98. The number of hydrogen-bond acceptors (Lipinski definition) is 6. The van der Waals surface area contributed by atoms with Crippen LogP contribution in [0.3, 0.4) is 0 Å². The highest BCUT2D eigenvalue weighted by Crippen LogP contribution is 2.53. The Kier molecular flexibility index (Phi) is 5.80. The summed E-state index contributed by atoms with van der Waals surface area (Å²) in [5.41, 5.74) is -0.267. The molecule has 33 heavy (non-hydrogen) atoms. The summed E-state index contributed by atoms with van der Waals surface area (Å²) in [6, 6.07) is 8.78. The van der Waals surface area contributed by atoms with Crippen molar-refractivity contribution in [2.75, 3.05) is 26.3 Å². The second-order valence-corrected chi connectivity index (χ2v) is 8.94. The molecule has 0 saturated carbocycles. The maximum atomic E-state index is 13.9. The van der Waals surface area contributed by atoms with Gasteiger partial charge in [0.25, 0.3) is 0 Å². The van der Waals surface area contributed by atoms with Crippen LogP contribution in [0.4, 0.5) is 0 Å². The molecule has 4 heterocycles. The average molecular weight is 453 g/mol. The summed E-state index contributed by atoms with van der Waals surface area (Å²) in [5, 5.41) is 9.41. The minimum atomic E-state index is -1.25. The molecule has 1 N–H and O–H groups in total. The Balaban J connectivity index is 1.55. The van der Waals surface area contributed by atoms with Crippen LogP contribution in [0, 0.1) is 11.8 Å². The number of hydrogen-bond donors (Lipinski definition) is 1. The molecule has 174 valence electrons. The molecule has 2 fully saturated rings. The molecule has 0 radical (unpaired) electrons. The third-order valence-corrected chi connectivity index (χ3v) is 6.98. The summed E-state index contributed by atoms with van der Waals surface area (Å²) in [5.74, 6) is -2.64. The zero-order chi connectivity index (χ0) is 23.0. The van der Waals surface area contributed by atoms with E-state index in [1.165, 1.54) is 4.90 Å². The van der Waals surface area contributed by atoms with Gasteiger partial charge in [-0.2, -0.15) is 0 Å². The highest BCUT2D eigenvalue weighted by molar-refractivity contribution is 5.99. The van der Waals surface area contributed by atoms with Gasteiger partial charge in [-0.05, 0) is 18.4 Å². The predicted octanol–water partition coefficient (Wildman–Crippen LogP) is 1.05. The monoisotopic (exact) mass is 452 g/mol. The number of carbonyl (C=O) groups is 3. The average Bonchev–Trinajstić information content (AvgIpc) is 3.19. The molecule has 5 rings (SSSR count). The Morgan fingerprint density at radius 3 is 2.70 bits per heavy atom. The second-order valence-electron chi connectivity index (χ2n) is 8.94. The zero-order valence-corrected chi connectivity index (χ0v) is 18.3. The number of benzene rings is 1. The van der Waals surface area contributed by atoms with E-state index in [1.807, 2.05) is 54.6 Å². The van der Waals surface area contributed by atoms with Gasteiger partial charge in [0.1, 0.15) is 17.6 Å². The Hall–Kier alpha value is -2.97. The van der Waals surface area contributed by atoms with Crippen LogP contribution in [-0.2, 0) is 30.4 Å². The molecule has 1 aromatic carbocycles. The molecule has 0 aromatic heterocycles. The lowest BCUT2D eigenvalue weighted by molar-refractivity contribution is -0.155. The van der Waals surface area contributed by atoms with E-state index in [1.54, 1.807) is 4.90 Å². The van der Waals surface area contributed by atoms with Gasteiger partial charge in [0.05, 0.1) is 18.6 Å². The van der Waals surface area contributed by atoms with E-state index >= 15 is 0 Å². The van der Waals surface area contributed by atoms with Gasteiger partial charge >= 0.3 is 5.97 Å². The van der Waals surface area contributed by atoms with Crippen LogP contribution in [0.15, 0.2) is 54.6 Å². The molecule has 8 nitrogen and oxygen atoms in total. The standard InChI is InChI=1S/C25H28N2O6/c28-14-7-13-27-21-23(30)26(16-17-8-2-1-3-9-17)12-6-11-25(21)20(22(27)29)19-18(33-25)10-4-5-15-32-24(19)31/h1-4,6,8-11,18-21,28H,5,7,12-16H2/t18-,19+,20+,21?,25+/m1/s1. The number of fused-ring (bicyclic) bond motifs is 2. The lowest BCUT2D eigenvalue weighted by Gasteiger charge is -2.35. The number of aliphatic hydroxyl groups is 1. The maximum Gasteiger partial charge on any atom is 0.312 e. The summed E-state index contributed by atoms with van der Waals surface area (Å²) >= 11 is 0. The van der Waals surface area contributed by atoms with Crippen LogP contribution in [0.2, 0.25) is 0 Å². The van der Waals surface area contributed by atoms with E-state index in [4.69, 9.17) is 9.47 Å². The number of amides is 2. The summed E-state index contributed by atoms with van der Waals surface area (Å²) in [7, 11) is 0. The van der Waals surface area contributed by atoms with Crippen LogP contribution in [0.25, 0.3) is 0 Å². The van der Waals surface area contributed by atoms with Crippen molar-refractivity contribution < 1.29 is 29.0 Å². The minimum absolute atomic E-state index is 0.108. The van der Waals surface area contributed by atoms with Gasteiger partial charge in [-0.15, -0.1) is 0 Å². The third kappa shape index (κ3) is 3.57. The van der Waals surface area contributed by atoms with Crippen molar-refractivity contribution in [3.05, 3.63) is 60.2 Å². The van der Waals surface area contributed by atoms with Gasteiger partial charge < -0.3 is 24.4 Å². The van der Waals surface area contributed by atoms with Crippen molar-refractivity contribution in [1.29, 1.82) is 0 Å². The largest absolute Gasteiger partial charge is 0.465 e. The quantitative estimate of drug-likeness (QED) is 0.530. The van der Waals surface area contributed by atoms with Gasteiger partial charge in [0, 0.05) is 26.2 Å². The Morgan fingerprint density at radius 1 is 1.09 bits per heavy atom. The van der Waals surface area contributed by atoms with E-state index in [2.05, 4.69) is 0 Å². The fourth-order valence-corrected chi connectivity index (χ4v) is 5.58. The van der Waals surface area contributed by atoms with Crippen molar-refractivity contribution in [2.24, 2.45) is 11.8 Å². The summed E-state index contributed by atoms with van der Waals surface area (Å²) in [6.45, 7) is 1.13. The van der Waals surface area contributed by atoms with E-state index in [-0.39, 0.29) is 31.6 Å². The molecular formula is C25H28N2O6. The topological polar surface area (TPSA) is 96.4 Å². The molecule has 4 aliphatic heterocycles. The molecule has 8 heteroatoms. The van der Waals surface area contributed by atoms with Gasteiger partial charge in [0.2, 0.25) is 11.8 Å². The molecule has 5 atom stereocenters. The zero-order valence-electron chi connectivity index (χ0n) is 18.3. The normalized spacial score (nSPS) is 33.2. The van der Waals surface area contributed by atoms with Gasteiger partial charge in [-0.25, -0.2) is 0 Å². The van der Waals surface area contributed by atoms with E-state index in [0.29, 0.717) is 25.9 Å². The van der Waals surface area contributed by atoms with Crippen molar-refractivity contribution in [3.8, 4) is 0 Å². The highest BCUT2D eigenvalue weighted by Gasteiger charge is 2.71. The summed E-state index contributed by atoms with van der Waals surface area (Å²) in [6.07, 6.45) is 7.68. The first-order valence-corrected chi connectivity index (χ1v) is 11.5. The van der Waals surface area contributed by atoms with Crippen LogP contribution < -0.4 is 0 Å². The summed E-state index contributed by atoms with van der Waals surface area (Å²) < 4.78 is 11.9. The number of nitrogens with zero attached hydrogens (tertiary/aromatic N) is 2. The molecule has 1 aromatic rings. The second kappa shape index (κ2) is 8.76. The van der Waals surface area contributed by atoms with E-state index in [0.717, 1.165) is 5.56 Å². The van der Waals surface area contributed by atoms with Crippen molar-refractivity contribution in [2.45, 2.75) is 37.1 Å². The Bertz CT molecular complexity index is 992. The van der Waals surface area contributed by atoms with Crippen LogP contribution in [0.5, 0.6) is 0 Å². The van der Waals surface area contributed by atoms with Crippen LogP contribution >= 0.6 is 0 Å². The molecule has 1 spiro atoms. The fourth-order valence-electron chi connectivity index (χ4n) is 5.58. The minimum Gasteiger partial charge on any atom is -0.465 e. The highest BCUT2D eigenvalue weighted by atomic mass is 16.6.